The van der Waals surface area contributed by atoms with Crippen molar-refractivity contribution < 1.29 is 28.6 Å². The van der Waals surface area contributed by atoms with E-state index in [0.29, 0.717) is 19.3 Å². The zero-order chi connectivity index (χ0) is 46.5. The van der Waals surface area contributed by atoms with Crippen LogP contribution in [0.4, 0.5) is 0 Å². The van der Waals surface area contributed by atoms with Crippen molar-refractivity contribution in [1.82, 2.24) is 0 Å². The molecule has 6 nitrogen and oxygen atoms in total. The van der Waals surface area contributed by atoms with Gasteiger partial charge in [-0.25, -0.2) is 0 Å². The maximum atomic E-state index is 12.8. The molecule has 0 spiro atoms. The van der Waals surface area contributed by atoms with Crippen molar-refractivity contribution in [3.63, 3.8) is 0 Å². The van der Waals surface area contributed by atoms with Crippen molar-refractivity contribution in [3.05, 3.63) is 24.3 Å². The van der Waals surface area contributed by atoms with E-state index in [2.05, 4.69) is 45.1 Å². The molecule has 6 heteroatoms. The number of rotatable bonds is 52. The zero-order valence-electron chi connectivity index (χ0n) is 43.1. The van der Waals surface area contributed by atoms with Gasteiger partial charge in [-0.1, -0.05) is 270 Å². The zero-order valence-corrected chi connectivity index (χ0v) is 43.1. The van der Waals surface area contributed by atoms with E-state index in [-0.39, 0.29) is 31.1 Å². The molecule has 0 saturated heterocycles. The fraction of sp³-hybridized carbons (Fsp3) is 0.879. The normalized spacial score (nSPS) is 12.1. The van der Waals surface area contributed by atoms with Gasteiger partial charge >= 0.3 is 17.9 Å². The SMILES string of the molecule is CCCCCCCCC/C=C\C=C/CCCCCCCC(=O)OCC(COC(=O)CCCCCCCCCCCCCCCC)OC(=O)CCCCCCCCCCCCCCCC. The van der Waals surface area contributed by atoms with Crippen LogP contribution in [0.15, 0.2) is 24.3 Å². The highest BCUT2D eigenvalue weighted by molar-refractivity contribution is 5.71. The second kappa shape index (κ2) is 53.5. The third kappa shape index (κ3) is 50.9. The number of allylic oxidation sites excluding steroid dienone is 4. The summed E-state index contributed by atoms with van der Waals surface area (Å²) in [5.41, 5.74) is 0. The van der Waals surface area contributed by atoms with Crippen LogP contribution in [0.3, 0.4) is 0 Å². The van der Waals surface area contributed by atoms with Crippen LogP contribution in [0.1, 0.15) is 310 Å². The van der Waals surface area contributed by atoms with Gasteiger partial charge in [0, 0.05) is 19.3 Å². The quantitative estimate of drug-likeness (QED) is 0.0262. The first-order valence-electron chi connectivity index (χ1n) is 28.4. The first-order chi connectivity index (χ1) is 31.5. The smallest absolute Gasteiger partial charge is 0.306 e. The van der Waals surface area contributed by atoms with Gasteiger partial charge in [-0.15, -0.1) is 0 Å². The summed E-state index contributed by atoms with van der Waals surface area (Å²) in [6.07, 6.45) is 61.6. The Morgan fingerprint density at radius 1 is 0.312 bits per heavy atom. The van der Waals surface area contributed by atoms with Crippen LogP contribution in [-0.4, -0.2) is 37.2 Å². The highest BCUT2D eigenvalue weighted by Gasteiger charge is 2.19. The van der Waals surface area contributed by atoms with E-state index in [1.807, 2.05) is 0 Å². The Hall–Kier alpha value is -2.11. The van der Waals surface area contributed by atoms with E-state index < -0.39 is 6.10 Å². The van der Waals surface area contributed by atoms with Crippen LogP contribution in [0.2, 0.25) is 0 Å². The summed E-state index contributed by atoms with van der Waals surface area (Å²) in [5, 5.41) is 0. The minimum absolute atomic E-state index is 0.0708. The first kappa shape index (κ1) is 61.9. The monoisotopic (exact) mass is 901 g/mol. The van der Waals surface area contributed by atoms with Crippen molar-refractivity contribution in [2.24, 2.45) is 0 Å². The molecule has 0 aromatic rings. The van der Waals surface area contributed by atoms with Crippen LogP contribution in [0.5, 0.6) is 0 Å². The second-order valence-corrected chi connectivity index (χ2v) is 19.2. The van der Waals surface area contributed by atoms with Gasteiger partial charge in [0.2, 0.25) is 0 Å². The lowest BCUT2D eigenvalue weighted by Crippen LogP contribution is -2.30. The Morgan fingerprint density at radius 3 is 0.828 bits per heavy atom. The number of unbranched alkanes of at least 4 members (excludes halogenated alkanes) is 38. The largest absolute Gasteiger partial charge is 0.462 e. The fourth-order valence-corrected chi connectivity index (χ4v) is 8.44. The molecule has 1 unspecified atom stereocenters. The minimum atomic E-state index is -0.772. The molecule has 64 heavy (non-hydrogen) atoms. The molecule has 0 fully saturated rings. The minimum Gasteiger partial charge on any atom is -0.462 e. The molecule has 0 heterocycles. The van der Waals surface area contributed by atoms with E-state index in [1.165, 1.54) is 193 Å². The van der Waals surface area contributed by atoms with Gasteiger partial charge in [-0.2, -0.15) is 0 Å². The molecule has 0 aliphatic carbocycles. The molecule has 0 rings (SSSR count). The van der Waals surface area contributed by atoms with Crippen molar-refractivity contribution in [2.75, 3.05) is 13.2 Å². The predicted molar refractivity (Wildman–Crippen MR) is 275 cm³/mol. The number of hydrogen-bond donors (Lipinski definition) is 0. The molecule has 0 amide bonds. The lowest BCUT2D eigenvalue weighted by Gasteiger charge is -2.18. The Morgan fingerprint density at radius 2 is 0.547 bits per heavy atom. The molecule has 0 aromatic heterocycles. The number of esters is 3. The molecular formula is C58H108O6. The average Bonchev–Trinajstić information content (AvgIpc) is 3.29. The van der Waals surface area contributed by atoms with Crippen molar-refractivity contribution >= 4 is 17.9 Å². The molecule has 0 aromatic carbocycles. The molecule has 0 aliphatic heterocycles. The predicted octanol–water partition coefficient (Wildman–Crippen LogP) is 18.7. The van der Waals surface area contributed by atoms with E-state index >= 15 is 0 Å². The van der Waals surface area contributed by atoms with Gasteiger partial charge in [-0.05, 0) is 44.9 Å². The molecule has 1 atom stereocenters. The maximum Gasteiger partial charge on any atom is 0.306 e. The van der Waals surface area contributed by atoms with E-state index in [1.54, 1.807) is 0 Å². The summed E-state index contributed by atoms with van der Waals surface area (Å²) in [4.78, 5) is 38.1. The first-order valence-corrected chi connectivity index (χ1v) is 28.4. The highest BCUT2D eigenvalue weighted by Crippen LogP contribution is 2.17. The molecule has 0 radical (unpaired) electrons. The van der Waals surface area contributed by atoms with E-state index in [9.17, 15) is 14.4 Å². The Balaban J connectivity index is 4.35. The number of ether oxygens (including phenoxy) is 3. The summed E-state index contributed by atoms with van der Waals surface area (Å²) in [6, 6.07) is 0. The van der Waals surface area contributed by atoms with Gasteiger partial charge in [0.15, 0.2) is 6.10 Å². The number of carbonyl (C=O) groups excluding carboxylic acids is 3. The molecule has 0 N–H and O–H groups in total. The van der Waals surface area contributed by atoms with Crippen molar-refractivity contribution in [1.29, 1.82) is 0 Å². The van der Waals surface area contributed by atoms with Crippen LogP contribution in [0.25, 0.3) is 0 Å². The summed E-state index contributed by atoms with van der Waals surface area (Å²) in [7, 11) is 0. The van der Waals surface area contributed by atoms with Crippen molar-refractivity contribution in [2.45, 2.75) is 316 Å². The summed E-state index contributed by atoms with van der Waals surface area (Å²) < 4.78 is 16.9. The van der Waals surface area contributed by atoms with Gasteiger partial charge in [0.05, 0.1) is 0 Å². The molecule has 0 aliphatic rings. The van der Waals surface area contributed by atoms with Gasteiger partial charge in [0.25, 0.3) is 0 Å². The Bertz CT molecular complexity index is 1040. The molecule has 0 bridgehead atoms. The van der Waals surface area contributed by atoms with Gasteiger partial charge in [0.1, 0.15) is 13.2 Å². The Labute approximate surface area is 398 Å². The lowest BCUT2D eigenvalue weighted by molar-refractivity contribution is -0.167. The van der Waals surface area contributed by atoms with Gasteiger partial charge < -0.3 is 14.2 Å². The number of carbonyl (C=O) groups is 3. The molecule has 376 valence electrons. The Kier molecular flexibility index (Phi) is 51.7. The fourth-order valence-electron chi connectivity index (χ4n) is 8.44. The van der Waals surface area contributed by atoms with Crippen LogP contribution < -0.4 is 0 Å². The average molecular weight is 901 g/mol. The number of hydrogen-bond acceptors (Lipinski definition) is 6. The maximum absolute atomic E-state index is 12.8. The van der Waals surface area contributed by atoms with E-state index in [0.717, 1.165) is 77.0 Å². The van der Waals surface area contributed by atoms with Crippen LogP contribution in [-0.2, 0) is 28.6 Å². The van der Waals surface area contributed by atoms with Crippen LogP contribution >= 0.6 is 0 Å². The summed E-state index contributed by atoms with van der Waals surface area (Å²) in [5.74, 6) is -0.866. The summed E-state index contributed by atoms with van der Waals surface area (Å²) in [6.45, 7) is 6.67. The third-order valence-corrected chi connectivity index (χ3v) is 12.7. The highest BCUT2D eigenvalue weighted by atomic mass is 16.6. The van der Waals surface area contributed by atoms with Crippen molar-refractivity contribution in [3.8, 4) is 0 Å². The lowest BCUT2D eigenvalue weighted by atomic mass is 10.0. The van der Waals surface area contributed by atoms with Crippen LogP contribution in [0, 0.1) is 0 Å². The van der Waals surface area contributed by atoms with Gasteiger partial charge in [-0.3, -0.25) is 14.4 Å². The third-order valence-electron chi connectivity index (χ3n) is 12.7. The molecule has 0 saturated carbocycles. The molecular weight excluding hydrogens is 793 g/mol. The summed E-state index contributed by atoms with van der Waals surface area (Å²) >= 11 is 0. The van der Waals surface area contributed by atoms with E-state index in [4.69, 9.17) is 14.2 Å². The topological polar surface area (TPSA) is 78.9 Å². The standard InChI is InChI=1S/C58H108O6/c1-4-7-10-13-16-19-22-25-28-29-30-31-34-36-39-42-45-48-51-57(60)63-54-55(64-58(61)52-49-46-43-40-37-33-27-24-21-18-15-12-9-6-3)53-62-56(59)50-47-44-41-38-35-32-26-23-20-17-14-11-8-5-2/h28-31,55H,4-27,32-54H2,1-3H3/b29-28-,31-30-. The second-order valence-electron chi connectivity index (χ2n) is 19.2.